The van der Waals surface area contributed by atoms with Crippen molar-refractivity contribution in [1.29, 1.82) is 0 Å². The number of anilines is 1. The zero-order valence-electron chi connectivity index (χ0n) is 15.6. The Balaban J connectivity index is 2.08. The predicted octanol–water partition coefficient (Wildman–Crippen LogP) is 2.55. The van der Waals surface area contributed by atoms with Crippen LogP contribution in [0.2, 0.25) is 0 Å². The molecule has 0 aliphatic rings. The maximum absolute atomic E-state index is 11.8. The Bertz CT molecular complexity index is 836. The summed E-state index contributed by atoms with van der Waals surface area (Å²) in [6, 6.07) is 12.5. The maximum atomic E-state index is 11.8. The lowest BCUT2D eigenvalue weighted by atomic mass is 10.0. The van der Waals surface area contributed by atoms with Crippen LogP contribution in [-0.2, 0) is 11.2 Å². The fourth-order valence-electron chi connectivity index (χ4n) is 2.63. The molecule has 0 radical (unpaired) electrons. The molecule has 0 bridgehead atoms. The fourth-order valence-corrected chi connectivity index (χ4v) is 2.63. The second-order valence-corrected chi connectivity index (χ2v) is 6.26. The molecule has 2 aromatic rings. The molecule has 6 N–H and O–H groups in total. The predicted molar refractivity (Wildman–Crippen MR) is 107 cm³/mol. The van der Waals surface area contributed by atoms with Crippen molar-refractivity contribution in [2.75, 3.05) is 11.9 Å². The summed E-state index contributed by atoms with van der Waals surface area (Å²) >= 11 is 0. The monoisotopic (exact) mass is 384 g/mol. The first-order valence-corrected chi connectivity index (χ1v) is 8.92. The van der Waals surface area contributed by atoms with Crippen molar-refractivity contribution in [3.05, 3.63) is 54.1 Å². The minimum absolute atomic E-state index is 0.123. The summed E-state index contributed by atoms with van der Waals surface area (Å²) in [5, 5.41) is 16.9. The molecule has 0 aliphatic carbocycles. The zero-order valence-corrected chi connectivity index (χ0v) is 15.6. The topological polar surface area (TPSA) is 134 Å². The lowest BCUT2D eigenvalue weighted by Gasteiger charge is -2.13. The molecule has 2 rings (SSSR count). The quantitative estimate of drug-likeness (QED) is 0.478. The molecule has 0 aromatic heterocycles. The van der Waals surface area contributed by atoms with E-state index in [2.05, 4.69) is 16.0 Å². The molecule has 0 heterocycles. The Morgan fingerprint density at radius 2 is 1.79 bits per heavy atom. The molecule has 0 aliphatic heterocycles. The summed E-state index contributed by atoms with van der Waals surface area (Å²) in [7, 11) is 0. The van der Waals surface area contributed by atoms with E-state index in [0.717, 1.165) is 23.1 Å². The number of nitrogens with two attached hydrogens (primary N) is 1. The van der Waals surface area contributed by atoms with Gasteiger partial charge in [-0.3, -0.25) is 0 Å². The normalized spacial score (nSPS) is 11.3. The summed E-state index contributed by atoms with van der Waals surface area (Å²) in [6.07, 6.45) is 0.981. The van der Waals surface area contributed by atoms with Crippen LogP contribution in [0, 0.1) is 0 Å². The molecule has 0 spiro atoms. The number of rotatable bonds is 8. The number of hydrogen-bond acceptors (Lipinski definition) is 3. The van der Waals surface area contributed by atoms with Crippen molar-refractivity contribution in [2.45, 2.75) is 25.8 Å². The summed E-state index contributed by atoms with van der Waals surface area (Å²) in [5.41, 5.74) is 8.25. The zero-order chi connectivity index (χ0) is 20.5. The van der Waals surface area contributed by atoms with E-state index in [1.54, 1.807) is 18.2 Å². The van der Waals surface area contributed by atoms with Gasteiger partial charge in [-0.1, -0.05) is 43.3 Å². The van der Waals surface area contributed by atoms with E-state index in [1.165, 1.54) is 0 Å². The average Bonchev–Trinajstić information content (AvgIpc) is 2.66. The Kier molecular flexibility index (Phi) is 7.38. The number of primary amides is 1. The van der Waals surface area contributed by atoms with Crippen LogP contribution in [0.5, 0.6) is 0 Å². The molecule has 0 saturated carbocycles. The van der Waals surface area contributed by atoms with E-state index in [1.807, 2.05) is 37.3 Å². The average molecular weight is 384 g/mol. The molecule has 28 heavy (non-hydrogen) atoms. The summed E-state index contributed by atoms with van der Waals surface area (Å²) < 4.78 is 0. The van der Waals surface area contributed by atoms with Gasteiger partial charge in [-0.05, 0) is 35.2 Å². The minimum atomic E-state index is -1.15. The van der Waals surface area contributed by atoms with Gasteiger partial charge in [-0.25, -0.2) is 14.4 Å². The number of aliphatic carboxylic acids is 1. The van der Waals surface area contributed by atoms with Gasteiger partial charge in [0.05, 0.1) is 0 Å². The minimum Gasteiger partial charge on any atom is -0.480 e. The van der Waals surface area contributed by atoms with Gasteiger partial charge in [0.1, 0.15) is 6.04 Å². The van der Waals surface area contributed by atoms with E-state index in [9.17, 15) is 14.4 Å². The number of nitrogens with one attached hydrogen (secondary N) is 3. The van der Waals surface area contributed by atoms with Crippen LogP contribution in [0.3, 0.4) is 0 Å². The third kappa shape index (κ3) is 6.31. The highest BCUT2D eigenvalue weighted by atomic mass is 16.4. The molecule has 8 nitrogen and oxygen atoms in total. The maximum Gasteiger partial charge on any atom is 0.326 e. The highest BCUT2D eigenvalue weighted by Crippen LogP contribution is 2.23. The molecule has 2 aromatic carbocycles. The van der Waals surface area contributed by atoms with Gasteiger partial charge >= 0.3 is 18.0 Å². The number of carbonyl (C=O) groups excluding carboxylic acids is 2. The first-order chi connectivity index (χ1) is 13.4. The molecule has 1 atom stereocenters. The molecule has 8 heteroatoms. The van der Waals surface area contributed by atoms with Crippen LogP contribution in [0.15, 0.2) is 48.5 Å². The fraction of sp³-hybridized carbons (Fsp3) is 0.250. The lowest BCUT2D eigenvalue weighted by Crippen LogP contribution is -2.44. The summed E-state index contributed by atoms with van der Waals surface area (Å²) in [6.45, 7) is 2.59. The first-order valence-electron chi connectivity index (χ1n) is 8.92. The molecule has 4 amide bonds. The second kappa shape index (κ2) is 9.96. The number of urea groups is 2. The Labute approximate surface area is 163 Å². The molecule has 0 saturated heterocycles. The van der Waals surface area contributed by atoms with E-state index >= 15 is 0 Å². The third-order valence-electron chi connectivity index (χ3n) is 4.00. The van der Waals surface area contributed by atoms with Crippen LogP contribution < -0.4 is 21.7 Å². The Morgan fingerprint density at radius 3 is 2.39 bits per heavy atom. The Hall–Kier alpha value is -3.55. The number of hydrogen-bond donors (Lipinski definition) is 5. The van der Waals surface area contributed by atoms with Crippen molar-refractivity contribution in [3.8, 4) is 11.1 Å². The van der Waals surface area contributed by atoms with Gasteiger partial charge < -0.3 is 26.8 Å². The largest absolute Gasteiger partial charge is 0.480 e. The molecule has 1 unspecified atom stereocenters. The summed E-state index contributed by atoms with van der Waals surface area (Å²) in [5.74, 6) is -1.15. The Morgan fingerprint density at radius 1 is 1.07 bits per heavy atom. The van der Waals surface area contributed by atoms with Crippen molar-refractivity contribution in [3.63, 3.8) is 0 Å². The standard InChI is InChI=1S/C20H24N4O4/c1-2-10-22-20(28)23-16-5-3-4-15(12-16)14-8-6-13(7-9-14)11-17(18(25)26)24-19(21)27/h3-9,12,17H,2,10-11H2,1H3,(H,25,26)(H3,21,24,27)(H2,22,23,28). The lowest BCUT2D eigenvalue weighted by molar-refractivity contribution is -0.139. The SMILES string of the molecule is CCCNC(=O)Nc1cccc(-c2ccc(CC(NC(N)=O)C(=O)O)cc2)c1. The first kappa shape index (κ1) is 20.8. The highest BCUT2D eigenvalue weighted by Gasteiger charge is 2.19. The van der Waals surface area contributed by atoms with Crippen molar-refractivity contribution in [1.82, 2.24) is 10.6 Å². The van der Waals surface area contributed by atoms with Crippen LogP contribution in [-0.4, -0.2) is 35.7 Å². The van der Waals surface area contributed by atoms with E-state index < -0.39 is 18.0 Å². The van der Waals surface area contributed by atoms with Crippen LogP contribution >= 0.6 is 0 Å². The number of carbonyl (C=O) groups is 3. The molecule has 0 fully saturated rings. The van der Waals surface area contributed by atoms with Gasteiger partial charge in [0.2, 0.25) is 0 Å². The van der Waals surface area contributed by atoms with E-state index in [0.29, 0.717) is 12.2 Å². The number of amides is 4. The van der Waals surface area contributed by atoms with Crippen molar-refractivity contribution in [2.24, 2.45) is 5.73 Å². The molecular formula is C20H24N4O4. The number of carboxylic acids is 1. The van der Waals surface area contributed by atoms with Crippen molar-refractivity contribution < 1.29 is 19.5 Å². The third-order valence-corrected chi connectivity index (χ3v) is 4.00. The van der Waals surface area contributed by atoms with E-state index in [-0.39, 0.29) is 12.5 Å². The molecule has 148 valence electrons. The summed E-state index contributed by atoms with van der Waals surface area (Å²) in [4.78, 5) is 33.9. The molecular weight excluding hydrogens is 360 g/mol. The highest BCUT2D eigenvalue weighted by molar-refractivity contribution is 5.90. The van der Waals surface area contributed by atoms with Crippen molar-refractivity contribution >= 4 is 23.7 Å². The number of carboxylic acid groups (broad SMARTS) is 1. The van der Waals surface area contributed by atoms with Crippen LogP contribution in [0.25, 0.3) is 11.1 Å². The van der Waals surface area contributed by atoms with Crippen LogP contribution in [0.1, 0.15) is 18.9 Å². The van der Waals surface area contributed by atoms with Crippen LogP contribution in [0.4, 0.5) is 15.3 Å². The van der Waals surface area contributed by atoms with Gasteiger partial charge in [0.15, 0.2) is 0 Å². The van der Waals surface area contributed by atoms with Gasteiger partial charge in [0.25, 0.3) is 0 Å². The van der Waals surface area contributed by atoms with E-state index in [4.69, 9.17) is 10.8 Å². The van der Waals surface area contributed by atoms with Gasteiger partial charge in [0, 0.05) is 18.7 Å². The van der Waals surface area contributed by atoms with Gasteiger partial charge in [-0.15, -0.1) is 0 Å². The number of benzene rings is 2. The van der Waals surface area contributed by atoms with Gasteiger partial charge in [-0.2, -0.15) is 0 Å². The second-order valence-electron chi connectivity index (χ2n) is 6.26. The smallest absolute Gasteiger partial charge is 0.326 e.